The Morgan fingerprint density at radius 1 is 1.32 bits per heavy atom. The molecule has 1 fully saturated rings. The number of rotatable bonds is 5. The van der Waals surface area contributed by atoms with E-state index in [0.717, 1.165) is 12.0 Å². The van der Waals surface area contributed by atoms with Gasteiger partial charge in [0.25, 0.3) is 0 Å². The Hall–Kier alpha value is -1.71. The third-order valence-electron chi connectivity index (χ3n) is 3.71. The van der Waals surface area contributed by atoms with Gasteiger partial charge in [-0.15, -0.1) is 0 Å². The van der Waals surface area contributed by atoms with E-state index in [1.165, 1.54) is 0 Å². The van der Waals surface area contributed by atoms with Crippen LogP contribution in [0.4, 0.5) is 0 Å². The Balaban J connectivity index is 2.06. The summed E-state index contributed by atoms with van der Waals surface area (Å²) in [6.07, 6.45) is 1.00. The molecular weight excluding hydrogens is 242 g/mol. The Labute approximate surface area is 114 Å². The van der Waals surface area contributed by atoms with E-state index in [2.05, 4.69) is 12.2 Å². The van der Waals surface area contributed by atoms with E-state index in [9.17, 15) is 4.79 Å². The Morgan fingerprint density at radius 2 is 1.95 bits per heavy atom. The summed E-state index contributed by atoms with van der Waals surface area (Å²) in [5.41, 5.74) is 1.01. The molecule has 1 aliphatic carbocycles. The second-order valence-corrected chi connectivity index (χ2v) is 5.16. The molecule has 0 saturated heterocycles. The molecule has 4 heteroatoms. The third kappa shape index (κ3) is 3.00. The van der Waals surface area contributed by atoms with Gasteiger partial charge >= 0.3 is 0 Å². The minimum absolute atomic E-state index is 0.0277. The van der Waals surface area contributed by atoms with Gasteiger partial charge in [-0.3, -0.25) is 4.79 Å². The summed E-state index contributed by atoms with van der Waals surface area (Å²) in [5, 5.41) is 3.04. The largest absolute Gasteiger partial charge is 0.493 e. The van der Waals surface area contributed by atoms with Crippen LogP contribution in [0.3, 0.4) is 0 Å². The maximum Gasteiger partial charge on any atom is 0.223 e. The van der Waals surface area contributed by atoms with Crippen LogP contribution in [-0.2, 0) is 4.79 Å². The molecule has 104 valence electrons. The molecule has 1 amide bonds. The molecule has 19 heavy (non-hydrogen) atoms. The summed E-state index contributed by atoms with van der Waals surface area (Å²) >= 11 is 0. The number of amides is 1. The van der Waals surface area contributed by atoms with E-state index in [-0.39, 0.29) is 17.9 Å². The van der Waals surface area contributed by atoms with Gasteiger partial charge in [0.1, 0.15) is 0 Å². The maximum absolute atomic E-state index is 11.9. The van der Waals surface area contributed by atoms with E-state index in [1.54, 1.807) is 14.2 Å². The van der Waals surface area contributed by atoms with Gasteiger partial charge in [0.2, 0.25) is 5.91 Å². The van der Waals surface area contributed by atoms with Crippen LogP contribution in [0, 0.1) is 11.8 Å². The molecule has 3 atom stereocenters. The first-order valence-corrected chi connectivity index (χ1v) is 6.59. The van der Waals surface area contributed by atoms with Crippen LogP contribution in [0.1, 0.15) is 31.9 Å². The van der Waals surface area contributed by atoms with Crippen molar-refractivity contribution >= 4 is 5.91 Å². The number of hydrogen-bond acceptors (Lipinski definition) is 3. The van der Waals surface area contributed by atoms with Gasteiger partial charge in [-0.1, -0.05) is 13.0 Å². The zero-order valence-corrected chi connectivity index (χ0v) is 11.9. The van der Waals surface area contributed by atoms with Gasteiger partial charge in [0, 0.05) is 5.92 Å². The lowest BCUT2D eigenvalue weighted by molar-refractivity contribution is -0.123. The molecule has 4 nitrogen and oxygen atoms in total. The second-order valence-electron chi connectivity index (χ2n) is 5.16. The van der Waals surface area contributed by atoms with Crippen LogP contribution in [0.5, 0.6) is 11.5 Å². The molecule has 1 N–H and O–H groups in total. The fraction of sp³-hybridized carbons (Fsp3) is 0.533. The van der Waals surface area contributed by atoms with Gasteiger partial charge in [-0.25, -0.2) is 0 Å². The van der Waals surface area contributed by atoms with Crippen LogP contribution in [0.2, 0.25) is 0 Å². The summed E-state index contributed by atoms with van der Waals surface area (Å²) < 4.78 is 10.5. The van der Waals surface area contributed by atoms with Gasteiger partial charge in [0.05, 0.1) is 20.3 Å². The van der Waals surface area contributed by atoms with Crippen LogP contribution in [0.15, 0.2) is 18.2 Å². The van der Waals surface area contributed by atoms with Crippen molar-refractivity contribution in [3.8, 4) is 11.5 Å². The minimum atomic E-state index is -0.0277. The fourth-order valence-corrected chi connectivity index (χ4v) is 2.21. The molecule has 0 radical (unpaired) electrons. The summed E-state index contributed by atoms with van der Waals surface area (Å²) in [5.74, 6) is 2.25. The van der Waals surface area contributed by atoms with Crippen LogP contribution in [-0.4, -0.2) is 20.1 Å². The molecule has 0 aromatic heterocycles. The summed E-state index contributed by atoms with van der Waals surface area (Å²) in [7, 11) is 3.22. The number of methoxy groups -OCH3 is 2. The summed E-state index contributed by atoms with van der Waals surface area (Å²) in [6.45, 7) is 4.08. The number of nitrogens with one attached hydrogen (secondary N) is 1. The standard InChI is InChI=1S/C15H21NO3/c1-9-7-12(9)15(17)16-10(2)11-5-6-13(18-3)14(8-11)19-4/h5-6,8-10,12H,7H2,1-4H3,(H,16,17)/t9-,10+,12-/m1/s1. The van der Waals surface area contributed by atoms with Crippen LogP contribution in [0.25, 0.3) is 0 Å². The zero-order valence-electron chi connectivity index (χ0n) is 11.9. The Morgan fingerprint density at radius 3 is 2.47 bits per heavy atom. The quantitative estimate of drug-likeness (QED) is 0.888. The van der Waals surface area contributed by atoms with Crippen molar-refractivity contribution in [1.29, 1.82) is 0 Å². The van der Waals surface area contributed by atoms with E-state index in [1.807, 2.05) is 25.1 Å². The highest BCUT2D eigenvalue weighted by Gasteiger charge is 2.39. The lowest BCUT2D eigenvalue weighted by atomic mass is 10.1. The van der Waals surface area contributed by atoms with Crippen molar-refractivity contribution < 1.29 is 14.3 Å². The smallest absolute Gasteiger partial charge is 0.223 e. The van der Waals surface area contributed by atoms with Crippen molar-refractivity contribution in [1.82, 2.24) is 5.32 Å². The molecule has 2 rings (SSSR count). The number of carbonyl (C=O) groups excluding carboxylic acids is 1. The average Bonchev–Trinajstić information content (AvgIpc) is 3.15. The lowest BCUT2D eigenvalue weighted by Gasteiger charge is -2.16. The molecule has 0 heterocycles. The first-order chi connectivity index (χ1) is 9.06. The van der Waals surface area contributed by atoms with Gasteiger partial charge in [-0.2, -0.15) is 0 Å². The van der Waals surface area contributed by atoms with Crippen molar-refractivity contribution in [2.24, 2.45) is 11.8 Å². The van der Waals surface area contributed by atoms with Gasteiger partial charge < -0.3 is 14.8 Å². The first kappa shape index (κ1) is 13.7. The van der Waals surface area contributed by atoms with E-state index >= 15 is 0 Å². The molecule has 1 aromatic rings. The number of benzene rings is 1. The third-order valence-corrected chi connectivity index (χ3v) is 3.71. The molecule has 0 unspecified atom stereocenters. The monoisotopic (exact) mass is 263 g/mol. The van der Waals surface area contributed by atoms with Gasteiger partial charge in [0.15, 0.2) is 11.5 Å². The number of carbonyl (C=O) groups is 1. The van der Waals surface area contributed by atoms with E-state index in [4.69, 9.17) is 9.47 Å². The Bertz CT molecular complexity index is 472. The summed E-state index contributed by atoms with van der Waals surface area (Å²) in [4.78, 5) is 11.9. The predicted molar refractivity (Wildman–Crippen MR) is 73.4 cm³/mol. The first-order valence-electron chi connectivity index (χ1n) is 6.59. The van der Waals surface area contributed by atoms with Crippen molar-refractivity contribution in [2.75, 3.05) is 14.2 Å². The second kappa shape index (κ2) is 5.51. The zero-order chi connectivity index (χ0) is 14.0. The van der Waals surface area contributed by atoms with E-state index < -0.39 is 0 Å². The molecule has 1 aliphatic rings. The fourth-order valence-electron chi connectivity index (χ4n) is 2.21. The number of hydrogen-bond donors (Lipinski definition) is 1. The average molecular weight is 263 g/mol. The predicted octanol–water partition coefficient (Wildman–Crippen LogP) is 2.54. The summed E-state index contributed by atoms with van der Waals surface area (Å²) in [6, 6.07) is 5.68. The normalized spacial score (nSPS) is 22.5. The highest BCUT2D eigenvalue weighted by molar-refractivity contribution is 5.81. The topological polar surface area (TPSA) is 47.6 Å². The molecule has 1 aromatic carbocycles. The van der Waals surface area contributed by atoms with Crippen molar-refractivity contribution in [2.45, 2.75) is 26.3 Å². The Kier molecular flexibility index (Phi) is 3.98. The van der Waals surface area contributed by atoms with Gasteiger partial charge in [-0.05, 0) is 37.0 Å². The molecule has 0 spiro atoms. The number of ether oxygens (including phenoxy) is 2. The van der Waals surface area contributed by atoms with Crippen molar-refractivity contribution in [3.05, 3.63) is 23.8 Å². The maximum atomic E-state index is 11.9. The van der Waals surface area contributed by atoms with E-state index in [0.29, 0.717) is 17.4 Å². The highest BCUT2D eigenvalue weighted by Crippen LogP contribution is 2.38. The molecule has 0 aliphatic heterocycles. The van der Waals surface area contributed by atoms with Crippen LogP contribution < -0.4 is 14.8 Å². The molecule has 1 saturated carbocycles. The molecular formula is C15H21NO3. The SMILES string of the molecule is COc1ccc([C@H](C)NC(=O)[C@@H]2C[C@H]2C)cc1OC. The highest BCUT2D eigenvalue weighted by atomic mass is 16.5. The lowest BCUT2D eigenvalue weighted by Crippen LogP contribution is -2.28. The molecule has 0 bridgehead atoms. The van der Waals surface area contributed by atoms with Crippen molar-refractivity contribution in [3.63, 3.8) is 0 Å². The minimum Gasteiger partial charge on any atom is -0.493 e. The van der Waals surface area contributed by atoms with Crippen LogP contribution >= 0.6 is 0 Å².